The van der Waals surface area contributed by atoms with Crippen LogP contribution in [0.4, 0.5) is 0 Å². The normalized spacial score (nSPS) is 11.2. The number of fused-ring (bicyclic) bond motifs is 1. The molecular weight excluding hydrogens is 274 g/mol. The van der Waals surface area contributed by atoms with Gasteiger partial charge in [0.05, 0.1) is 6.61 Å². The van der Waals surface area contributed by atoms with Crippen LogP contribution in [0.1, 0.15) is 57.4 Å². The van der Waals surface area contributed by atoms with Gasteiger partial charge in [0.15, 0.2) is 0 Å². The molecule has 0 radical (unpaired) electrons. The zero-order valence-electron chi connectivity index (χ0n) is 13.7. The number of aliphatic hydroxyl groups excluding tert-OH is 1. The molecule has 0 amide bonds. The Morgan fingerprint density at radius 1 is 1.05 bits per heavy atom. The van der Waals surface area contributed by atoms with Gasteiger partial charge in [-0.3, -0.25) is 0 Å². The highest BCUT2D eigenvalue weighted by atomic mass is 16.5. The first kappa shape index (κ1) is 16.9. The molecule has 1 heterocycles. The van der Waals surface area contributed by atoms with Crippen molar-refractivity contribution in [2.24, 2.45) is 0 Å². The first-order valence-electron chi connectivity index (χ1n) is 8.69. The zero-order valence-corrected chi connectivity index (χ0v) is 13.7. The molecule has 0 bridgehead atoms. The Hall–Kier alpha value is -1.48. The Labute approximate surface area is 133 Å². The van der Waals surface area contributed by atoms with E-state index < -0.39 is 0 Å². The summed E-state index contributed by atoms with van der Waals surface area (Å²) in [6, 6.07) is 6.16. The van der Waals surface area contributed by atoms with Crippen LogP contribution in [0.15, 0.2) is 24.4 Å². The van der Waals surface area contributed by atoms with Crippen molar-refractivity contribution < 1.29 is 9.84 Å². The van der Waals surface area contributed by atoms with Gasteiger partial charge in [-0.05, 0) is 30.5 Å². The third-order valence-corrected chi connectivity index (χ3v) is 4.14. The summed E-state index contributed by atoms with van der Waals surface area (Å²) in [5.41, 5.74) is 2.25. The molecule has 2 aromatic rings. The largest absolute Gasteiger partial charge is 0.494 e. The maximum absolute atomic E-state index is 9.05. The molecule has 2 rings (SSSR count). The third kappa shape index (κ3) is 5.06. The number of benzene rings is 1. The lowest BCUT2D eigenvalue weighted by Gasteiger charge is -2.06. The first-order chi connectivity index (χ1) is 10.8. The Balaban J connectivity index is 1.71. The summed E-state index contributed by atoms with van der Waals surface area (Å²) in [5, 5.41) is 10.2. The average Bonchev–Trinajstić information content (AvgIpc) is 2.93. The molecule has 0 fully saturated rings. The Morgan fingerprint density at radius 2 is 1.82 bits per heavy atom. The second-order valence-corrected chi connectivity index (χ2v) is 5.96. The number of hydrogen-bond acceptors (Lipinski definition) is 2. The van der Waals surface area contributed by atoms with Gasteiger partial charge in [-0.1, -0.05) is 45.4 Å². The topological polar surface area (TPSA) is 45.2 Å². The van der Waals surface area contributed by atoms with Crippen LogP contribution in [-0.2, 0) is 6.42 Å². The molecule has 0 aliphatic carbocycles. The summed E-state index contributed by atoms with van der Waals surface area (Å²) in [6.07, 6.45) is 11.8. The molecule has 0 saturated heterocycles. The Bertz CT molecular complexity index is 547. The molecule has 3 nitrogen and oxygen atoms in total. The fourth-order valence-electron chi connectivity index (χ4n) is 2.83. The highest BCUT2D eigenvalue weighted by molar-refractivity contribution is 5.84. The molecule has 1 aromatic carbocycles. The Morgan fingerprint density at radius 3 is 2.59 bits per heavy atom. The van der Waals surface area contributed by atoms with Crippen molar-refractivity contribution in [2.75, 3.05) is 13.2 Å². The smallest absolute Gasteiger partial charge is 0.121 e. The zero-order chi connectivity index (χ0) is 15.6. The monoisotopic (exact) mass is 303 g/mol. The van der Waals surface area contributed by atoms with Gasteiger partial charge >= 0.3 is 0 Å². The van der Waals surface area contributed by atoms with Crippen molar-refractivity contribution in [2.45, 2.75) is 58.3 Å². The van der Waals surface area contributed by atoms with Crippen molar-refractivity contribution in [1.82, 2.24) is 4.98 Å². The van der Waals surface area contributed by atoms with Gasteiger partial charge in [-0.15, -0.1) is 0 Å². The van der Waals surface area contributed by atoms with Gasteiger partial charge < -0.3 is 14.8 Å². The number of aromatic nitrogens is 1. The second-order valence-electron chi connectivity index (χ2n) is 5.96. The molecule has 0 atom stereocenters. The highest BCUT2D eigenvalue weighted by Crippen LogP contribution is 2.23. The highest BCUT2D eigenvalue weighted by Gasteiger charge is 2.04. The second kappa shape index (κ2) is 9.52. The number of aromatic amines is 1. The minimum absolute atomic E-state index is 0.184. The SMILES string of the molecule is CCCCCCCCCOc1ccc2c(CCO)c[nH]c2c1. The molecule has 0 aliphatic rings. The predicted molar refractivity (Wildman–Crippen MR) is 92.6 cm³/mol. The maximum Gasteiger partial charge on any atom is 0.121 e. The van der Waals surface area contributed by atoms with Crippen molar-refractivity contribution in [3.63, 3.8) is 0 Å². The van der Waals surface area contributed by atoms with Gasteiger partial charge in [0.1, 0.15) is 5.75 Å². The average molecular weight is 303 g/mol. The number of ether oxygens (including phenoxy) is 1. The summed E-state index contributed by atoms with van der Waals surface area (Å²) < 4.78 is 5.84. The number of H-pyrrole nitrogens is 1. The lowest BCUT2D eigenvalue weighted by Crippen LogP contribution is -1.97. The van der Waals surface area contributed by atoms with Crippen LogP contribution in [0.3, 0.4) is 0 Å². The molecule has 0 spiro atoms. The first-order valence-corrected chi connectivity index (χ1v) is 8.69. The van der Waals surface area contributed by atoms with Crippen LogP contribution in [-0.4, -0.2) is 23.3 Å². The number of nitrogens with one attached hydrogen (secondary N) is 1. The minimum Gasteiger partial charge on any atom is -0.494 e. The summed E-state index contributed by atoms with van der Waals surface area (Å²) >= 11 is 0. The van der Waals surface area contributed by atoms with E-state index in [1.807, 2.05) is 12.3 Å². The number of rotatable bonds is 11. The Kier molecular flexibility index (Phi) is 7.31. The molecule has 122 valence electrons. The van der Waals surface area contributed by atoms with E-state index in [2.05, 4.69) is 24.0 Å². The van der Waals surface area contributed by atoms with Crippen molar-refractivity contribution in [1.29, 1.82) is 0 Å². The van der Waals surface area contributed by atoms with Crippen LogP contribution in [0.5, 0.6) is 5.75 Å². The molecule has 0 aliphatic heterocycles. The van der Waals surface area contributed by atoms with E-state index in [4.69, 9.17) is 9.84 Å². The number of hydrogen-bond donors (Lipinski definition) is 2. The maximum atomic E-state index is 9.05. The molecule has 1 aromatic heterocycles. The van der Waals surface area contributed by atoms with Crippen molar-refractivity contribution in [3.05, 3.63) is 30.0 Å². The summed E-state index contributed by atoms with van der Waals surface area (Å²) in [7, 11) is 0. The van der Waals surface area contributed by atoms with Gasteiger partial charge in [0.25, 0.3) is 0 Å². The van der Waals surface area contributed by atoms with Crippen molar-refractivity contribution >= 4 is 10.9 Å². The number of unbranched alkanes of at least 4 members (excludes halogenated alkanes) is 6. The van der Waals surface area contributed by atoms with E-state index in [0.29, 0.717) is 6.42 Å². The van der Waals surface area contributed by atoms with Gasteiger partial charge in [0.2, 0.25) is 0 Å². The minimum atomic E-state index is 0.184. The lowest BCUT2D eigenvalue weighted by atomic mass is 10.1. The van der Waals surface area contributed by atoms with Crippen molar-refractivity contribution in [3.8, 4) is 5.75 Å². The molecule has 3 heteroatoms. The predicted octanol–water partition coefficient (Wildman–Crippen LogP) is 4.83. The van der Waals surface area contributed by atoms with Crippen LogP contribution >= 0.6 is 0 Å². The fourth-order valence-corrected chi connectivity index (χ4v) is 2.83. The number of aliphatic hydroxyl groups is 1. The van der Waals surface area contributed by atoms with Crippen LogP contribution in [0, 0.1) is 0 Å². The van der Waals surface area contributed by atoms with Gasteiger partial charge in [0, 0.05) is 29.8 Å². The molecule has 0 unspecified atom stereocenters. The summed E-state index contributed by atoms with van der Waals surface area (Å²) in [4.78, 5) is 3.25. The van der Waals surface area contributed by atoms with E-state index in [-0.39, 0.29) is 6.61 Å². The van der Waals surface area contributed by atoms with E-state index in [1.165, 1.54) is 43.9 Å². The molecule has 2 N–H and O–H groups in total. The van der Waals surface area contributed by atoms with Crippen LogP contribution in [0.25, 0.3) is 10.9 Å². The lowest BCUT2D eigenvalue weighted by molar-refractivity contribution is 0.300. The summed E-state index contributed by atoms with van der Waals surface area (Å²) in [5.74, 6) is 0.927. The molecular formula is C19H29NO2. The van der Waals surface area contributed by atoms with E-state index in [9.17, 15) is 0 Å². The quantitative estimate of drug-likeness (QED) is 0.584. The molecule has 0 saturated carbocycles. The van der Waals surface area contributed by atoms with Gasteiger partial charge in [-0.25, -0.2) is 0 Å². The third-order valence-electron chi connectivity index (χ3n) is 4.14. The molecule has 22 heavy (non-hydrogen) atoms. The van der Waals surface area contributed by atoms with Gasteiger partial charge in [-0.2, -0.15) is 0 Å². The van der Waals surface area contributed by atoms with E-state index >= 15 is 0 Å². The van der Waals surface area contributed by atoms with Crippen LogP contribution in [0.2, 0.25) is 0 Å². The summed E-state index contributed by atoms with van der Waals surface area (Å²) in [6.45, 7) is 3.23. The standard InChI is InChI=1S/C19H29NO2/c1-2-3-4-5-6-7-8-13-22-17-9-10-18-16(11-12-21)15-20-19(18)14-17/h9-10,14-15,20-21H,2-8,11-13H2,1H3. The van der Waals surface area contributed by atoms with Crippen LogP contribution < -0.4 is 4.74 Å². The van der Waals surface area contributed by atoms with E-state index in [0.717, 1.165) is 29.9 Å². The fraction of sp³-hybridized carbons (Fsp3) is 0.579. The van der Waals surface area contributed by atoms with E-state index in [1.54, 1.807) is 0 Å².